The van der Waals surface area contributed by atoms with Gasteiger partial charge >= 0.3 is 6.18 Å². The molecule has 3 nitrogen and oxygen atoms in total. The van der Waals surface area contributed by atoms with E-state index in [2.05, 4.69) is 5.32 Å². The van der Waals surface area contributed by atoms with Crippen LogP contribution >= 0.6 is 0 Å². The van der Waals surface area contributed by atoms with Crippen LogP contribution in [-0.2, 0) is 4.79 Å². The van der Waals surface area contributed by atoms with Crippen LogP contribution in [0.1, 0.15) is 33.6 Å². The van der Waals surface area contributed by atoms with Crippen LogP contribution in [0.15, 0.2) is 0 Å². The highest BCUT2D eigenvalue weighted by molar-refractivity contribution is 5.82. The first-order chi connectivity index (χ1) is 8.75. The molecule has 19 heavy (non-hydrogen) atoms. The predicted octanol–water partition coefficient (Wildman–Crippen LogP) is 2.42. The molecule has 1 aliphatic heterocycles. The smallest absolute Gasteiger partial charge is 0.341 e. The summed E-state index contributed by atoms with van der Waals surface area (Å²) in [6.45, 7) is 7.02. The molecule has 1 rings (SSSR count). The van der Waals surface area contributed by atoms with Gasteiger partial charge in [-0.2, -0.15) is 13.2 Å². The lowest BCUT2D eigenvalue weighted by Gasteiger charge is -2.34. The minimum absolute atomic E-state index is 0.0339. The summed E-state index contributed by atoms with van der Waals surface area (Å²) in [7, 11) is 0. The molecule has 112 valence electrons. The molecule has 1 amide bonds. The summed E-state index contributed by atoms with van der Waals surface area (Å²) in [5.74, 6) is -1.04. The minimum Gasteiger partial charge on any atom is -0.341 e. The van der Waals surface area contributed by atoms with Crippen LogP contribution in [-0.4, -0.2) is 42.7 Å². The van der Waals surface area contributed by atoms with Crippen molar-refractivity contribution in [1.29, 1.82) is 0 Å². The average Bonchev–Trinajstić information content (AvgIpc) is 2.34. The largest absolute Gasteiger partial charge is 0.393 e. The third kappa shape index (κ3) is 4.67. The summed E-state index contributed by atoms with van der Waals surface area (Å²) in [5.41, 5.74) is 0. The van der Waals surface area contributed by atoms with Gasteiger partial charge in [0.25, 0.3) is 0 Å². The zero-order chi connectivity index (χ0) is 14.6. The monoisotopic (exact) mass is 280 g/mol. The number of likely N-dealkylation sites (N-methyl/N-ethyl adjacent to an activating group) is 1. The number of carbonyl (C=O) groups is 1. The second-order valence-corrected chi connectivity index (χ2v) is 5.55. The number of carbonyl (C=O) groups excluding carboxylic acids is 1. The highest BCUT2D eigenvalue weighted by Gasteiger charge is 2.42. The van der Waals surface area contributed by atoms with Crippen molar-refractivity contribution in [2.75, 3.05) is 19.6 Å². The van der Waals surface area contributed by atoms with Crippen molar-refractivity contribution >= 4 is 5.91 Å². The lowest BCUT2D eigenvalue weighted by Crippen LogP contribution is -2.53. The zero-order valence-electron chi connectivity index (χ0n) is 11.8. The average molecular weight is 280 g/mol. The van der Waals surface area contributed by atoms with Crippen LogP contribution in [0.2, 0.25) is 0 Å². The van der Waals surface area contributed by atoms with Crippen LogP contribution in [0, 0.1) is 11.8 Å². The normalized spacial score (nSPS) is 24.6. The van der Waals surface area contributed by atoms with Crippen molar-refractivity contribution in [2.24, 2.45) is 11.8 Å². The molecule has 2 atom stereocenters. The van der Waals surface area contributed by atoms with E-state index < -0.39 is 18.1 Å². The molecule has 0 radical (unpaired) electrons. The molecule has 0 aromatic carbocycles. The maximum Gasteiger partial charge on any atom is 0.393 e. The molecule has 0 saturated carbocycles. The number of piperidine rings is 1. The molecular weight excluding hydrogens is 257 g/mol. The molecule has 1 fully saturated rings. The van der Waals surface area contributed by atoms with E-state index in [4.69, 9.17) is 0 Å². The standard InChI is InChI=1S/C13H23F3N2O/c1-4-18(8-9(2)3)12(19)11-6-5-10(7-17-11)13(14,15)16/h9-11,17H,4-8H2,1-3H3. The lowest BCUT2D eigenvalue weighted by molar-refractivity contribution is -0.180. The van der Waals surface area contributed by atoms with Crippen molar-refractivity contribution in [2.45, 2.75) is 45.8 Å². The van der Waals surface area contributed by atoms with E-state index in [0.29, 0.717) is 19.0 Å². The molecule has 6 heteroatoms. The fourth-order valence-corrected chi connectivity index (χ4v) is 2.38. The second-order valence-electron chi connectivity index (χ2n) is 5.55. The topological polar surface area (TPSA) is 32.3 Å². The van der Waals surface area contributed by atoms with Crippen molar-refractivity contribution < 1.29 is 18.0 Å². The number of alkyl halides is 3. The summed E-state index contributed by atoms with van der Waals surface area (Å²) in [4.78, 5) is 13.9. The van der Waals surface area contributed by atoms with E-state index >= 15 is 0 Å². The fourth-order valence-electron chi connectivity index (χ4n) is 2.38. The summed E-state index contributed by atoms with van der Waals surface area (Å²) in [6.07, 6.45) is -3.87. The van der Waals surface area contributed by atoms with Gasteiger partial charge in [0.15, 0.2) is 0 Å². The summed E-state index contributed by atoms with van der Waals surface area (Å²) in [5, 5.41) is 2.75. The Bertz CT molecular complexity index is 297. The first kappa shape index (κ1) is 16.3. The first-order valence-corrected chi connectivity index (χ1v) is 6.84. The Balaban J connectivity index is 2.52. The molecule has 0 bridgehead atoms. The van der Waals surface area contributed by atoms with E-state index in [9.17, 15) is 18.0 Å². The molecule has 0 aromatic rings. The number of rotatable bonds is 4. The molecule has 1 N–H and O–H groups in total. The van der Waals surface area contributed by atoms with Crippen molar-refractivity contribution in [3.05, 3.63) is 0 Å². The quantitative estimate of drug-likeness (QED) is 0.857. The Labute approximate surface area is 112 Å². The van der Waals surface area contributed by atoms with Gasteiger partial charge in [-0.15, -0.1) is 0 Å². The van der Waals surface area contributed by atoms with Crippen LogP contribution in [0.3, 0.4) is 0 Å². The van der Waals surface area contributed by atoms with Gasteiger partial charge in [-0.25, -0.2) is 0 Å². The first-order valence-electron chi connectivity index (χ1n) is 6.84. The Kier molecular flexibility index (Phi) is 5.64. The van der Waals surface area contributed by atoms with E-state index in [1.54, 1.807) is 4.90 Å². The second kappa shape index (κ2) is 6.59. The van der Waals surface area contributed by atoms with Crippen LogP contribution in [0.4, 0.5) is 13.2 Å². The fraction of sp³-hybridized carbons (Fsp3) is 0.923. The SMILES string of the molecule is CCN(CC(C)C)C(=O)C1CCC(C(F)(F)F)CN1. The molecule has 1 saturated heterocycles. The van der Waals surface area contributed by atoms with Crippen molar-refractivity contribution in [1.82, 2.24) is 10.2 Å². The van der Waals surface area contributed by atoms with Crippen molar-refractivity contribution in [3.8, 4) is 0 Å². The van der Waals surface area contributed by atoms with Gasteiger partial charge < -0.3 is 10.2 Å². The highest BCUT2D eigenvalue weighted by atomic mass is 19.4. The molecule has 1 heterocycles. The van der Waals surface area contributed by atoms with Gasteiger partial charge in [-0.05, 0) is 25.7 Å². The third-order valence-corrected chi connectivity index (χ3v) is 3.45. The molecule has 2 unspecified atom stereocenters. The van der Waals surface area contributed by atoms with Gasteiger partial charge in [-0.3, -0.25) is 4.79 Å². The number of nitrogens with zero attached hydrogens (tertiary/aromatic N) is 1. The Hall–Kier alpha value is -0.780. The van der Waals surface area contributed by atoms with E-state index in [1.807, 2.05) is 20.8 Å². The van der Waals surface area contributed by atoms with Gasteiger partial charge in [0.2, 0.25) is 5.91 Å². The number of nitrogens with one attached hydrogen (secondary N) is 1. The lowest BCUT2D eigenvalue weighted by atomic mass is 9.93. The van der Waals surface area contributed by atoms with Gasteiger partial charge in [0.1, 0.15) is 0 Å². The maximum absolute atomic E-state index is 12.5. The molecule has 0 spiro atoms. The molecule has 0 aliphatic carbocycles. The van der Waals surface area contributed by atoms with Gasteiger partial charge in [0.05, 0.1) is 12.0 Å². The van der Waals surface area contributed by atoms with Gasteiger partial charge in [-0.1, -0.05) is 13.8 Å². The number of halogens is 3. The Morgan fingerprint density at radius 2 is 2.00 bits per heavy atom. The Morgan fingerprint density at radius 3 is 2.37 bits per heavy atom. The highest BCUT2D eigenvalue weighted by Crippen LogP contribution is 2.32. The minimum atomic E-state index is -4.16. The van der Waals surface area contributed by atoms with Gasteiger partial charge in [0, 0.05) is 19.6 Å². The van der Waals surface area contributed by atoms with E-state index in [1.165, 1.54) is 0 Å². The van der Waals surface area contributed by atoms with Crippen LogP contribution in [0.5, 0.6) is 0 Å². The van der Waals surface area contributed by atoms with Crippen LogP contribution < -0.4 is 5.32 Å². The molecule has 0 aromatic heterocycles. The third-order valence-electron chi connectivity index (χ3n) is 3.45. The summed E-state index contributed by atoms with van der Waals surface area (Å²) < 4.78 is 37.6. The van der Waals surface area contributed by atoms with Crippen molar-refractivity contribution in [3.63, 3.8) is 0 Å². The number of hydrogen-bond donors (Lipinski definition) is 1. The number of amides is 1. The van der Waals surface area contributed by atoms with E-state index in [0.717, 1.165) is 0 Å². The molecule has 1 aliphatic rings. The van der Waals surface area contributed by atoms with E-state index in [-0.39, 0.29) is 25.3 Å². The summed E-state index contributed by atoms with van der Waals surface area (Å²) in [6, 6.07) is -0.461. The number of hydrogen-bond acceptors (Lipinski definition) is 2. The molecular formula is C13H23F3N2O. The zero-order valence-corrected chi connectivity index (χ0v) is 11.8. The van der Waals surface area contributed by atoms with Crippen LogP contribution in [0.25, 0.3) is 0 Å². The predicted molar refractivity (Wildman–Crippen MR) is 67.7 cm³/mol. The Morgan fingerprint density at radius 1 is 1.37 bits per heavy atom. The summed E-state index contributed by atoms with van der Waals surface area (Å²) >= 11 is 0. The maximum atomic E-state index is 12.5.